The van der Waals surface area contributed by atoms with Crippen molar-refractivity contribution in [3.05, 3.63) is 53.5 Å². The van der Waals surface area contributed by atoms with E-state index in [9.17, 15) is 0 Å². The number of anilines is 1. The average Bonchev–Trinajstić information content (AvgIpc) is 3.09. The lowest BCUT2D eigenvalue weighted by Crippen LogP contribution is -2.47. The molecule has 27 heavy (non-hydrogen) atoms. The molecule has 1 fully saturated rings. The number of hydrogen-bond acceptors (Lipinski definition) is 7. The molecule has 1 aromatic carbocycles. The van der Waals surface area contributed by atoms with Gasteiger partial charge in [-0.3, -0.25) is 4.90 Å². The number of piperazine rings is 1. The number of rotatable bonds is 5. The van der Waals surface area contributed by atoms with Crippen LogP contribution in [0.25, 0.3) is 11.5 Å². The van der Waals surface area contributed by atoms with Crippen molar-refractivity contribution >= 4 is 18.0 Å². The van der Waals surface area contributed by atoms with Gasteiger partial charge in [0.25, 0.3) is 4.84 Å². The van der Waals surface area contributed by atoms with Crippen LogP contribution in [0.15, 0.2) is 53.1 Å². The molecule has 0 amide bonds. The number of nitrogens with zero attached hydrogens (tertiary/aromatic N) is 5. The minimum Gasteiger partial charge on any atom is -0.497 e. The van der Waals surface area contributed by atoms with Crippen molar-refractivity contribution in [3.63, 3.8) is 0 Å². The smallest absolute Gasteiger partial charge is 0.288 e. The third kappa shape index (κ3) is 4.01. The van der Waals surface area contributed by atoms with Crippen LogP contribution < -0.4 is 9.64 Å². The molecule has 0 bridgehead atoms. The van der Waals surface area contributed by atoms with Gasteiger partial charge < -0.3 is 14.1 Å². The molecule has 3 aromatic rings. The quantitative estimate of drug-likeness (QED) is 0.628. The van der Waals surface area contributed by atoms with Crippen molar-refractivity contribution in [2.45, 2.75) is 6.67 Å². The molecular formula is C19H21N5O2S. The van der Waals surface area contributed by atoms with Gasteiger partial charge in [-0.15, -0.1) is 5.10 Å². The van der Waals surface area contributed by atoms with E-state index < -0.39 is 0 Å². The number of pyridine rings is 1. The average molecular weight is 383 g/mol. The number of benzene rings is 1. The second-order valence-electron chi connectivity index (χ2n) is 6.34. The second-order valence-corrected chi connectivity index (χ2v) is 6.68. The SMILES string of the molecule is COc1ccc(-c2nn(CN3CCN(c4ccccn4)CC3)c(=S)o2)cc1. The van der Waals surface area contributed by atoms with E-state index in [4.69, 9.17) is 21.4 Å². The van der Waals surface area contributed by atoms with E-state index in [1.165, 1.54) is 0 Å². The van der Waals surface area contributed by atoms with Gasteiger partial charge in [0.1, 0.15) is 11.6 Å². The minimum absolute atomic E-state index is 0.382. The standard InChI is InChI=1S/C19H21N5O2S/c1-25-16-7-5-15(6-8-16)18-21-24(19(27)26-18)14-22-10-12-23(13-11-22)17-4-2-3-9-20-17/h2-9H,10-14H2,1H3. The van der Waals surface area contributed by atoms with Gasteiger partial charge in [0.15, 0.2) is 0 Å². The first-order chi connectivity index (χ1) is 13.2. The van der Waals surface area contributed by atoms with Gasteiger partial charge in [0.05, 0.1) is 13.8 Å². The molecule has 4 rings (SSSR count). The Bertz CT molecular complexity index is 931. The van der Waals surface area contributed by atoms with Crippen LogP contribution in [0.1, 0.15) is 0 Å². The predicted octanol–water partition coefficient (Wildman–Crippen LogP) is 3.06. The molecule has 8 heteroatoms. The Morgan fingerprint density at radius 3 is 2.52 bits per heavy atom. The van der Waals surface area contributed by atoms with E-state index in [1.807, 2.05) is 48.7 Å². The van der Waals surface area contributed by atoms with E-state index in [0.29, 0.717) is 17.4 Å². The summed E-state index contributed by atoms with van der Waals surface area (Å²) in [7, 11) is 1.64. The zero-order valence-electron chi connectivity index (χ0n) is 15.1. The first kappa shape index (κ1) is 17.7. The van der Waals surface area contributed by atoms with Crippen molar-refractivity contribution in [2.75, 3.05) is 38.2 Å². The molecule has 1 aliphatic heterocycles. The molecule has 1 aliphatic rings. The molecule has 0 N–H and O–H groups in total. The molecule has 0 atom stereocenters. The minimum atomic E-state index is 0.382. The van der Waals surface area contributed by atoms with E-state index in [2.05, 4.69) is 19.9 Å². The number of aromatic nitrogens is 3. The lowest BCUT2D eigenvalue weighted by atomic mass is 10.2. The monoisotopic (exact) mass is 383 g/mol. The molecule has 3 heterocycles. The van der Waals surface area contributed by atoms with Crippen LogP contribution in [0, 0.1) is 4.84 Å². The fraction of sp³-hybridized carbons (Fsp3) is 0.316. The van der Waals surface area contributed by atoms with Crippen molar-refractivity contribution in [1.29, 1.82) is 0 Å². The van der Waals surface area contributed by atoms with Crippen molar-refractivity contribution in [1.82, 2.24) is 19.7 Å². The third-order valence-electron chi connectivity index (χ3n) is 4.62. The van der Waals surface area contributed by atoms with Crippen LogP contribution in [0.5, 0.6) is 5.75 Å². The molecule has 140 valence electrons. The summed E-state index contributed by atoms with van der Waals surface area (Å²) in [5.41, 5.74) is 0.876. The fourth-order valence-corrected chi connectivity index (χ4v) is 3.27. The van der Waals surface area contributed by atoms with Gasteiger partial charge in [0, 0.05) is 37.9 Å². The van der Waals surface area contributed by atoms with Gasteiger partial charge in [-0.1, -0.05) is 6.07 Å². The Labute approximate surface area is 162 Å². The van der Waals surface area contributed by atoms with Crippen LogP contribution in [0.3, 0.4) is 0 Å². The van der Waals surface area contributed by atoms with Gasteiger partial charge in [-0.05, 0) is 48.6 Å². The van der Waals surface area contributed by atoms with Crippen LogP contribution in [0.2, 0.25) is 0 Å². The largest absolute Gasteiger partial charge is 0.497 e. The summed E-state index contributed by atoms with van der Waals surface area (Å²) in [6, 6.07) is 13.6. The van der Waals surface area contributed by atoms with Crippen LogP contribution in [-0.2, 0) is 6.67 Å². The summed E-state index contributed by atoms with van der Waals surface area (Å²) in [6.07, 6.45) is 1.83. The van der Waals surface area contributed by atoms with Gasteiger partial charge in [-0.25, -0.2) is 9.67 Å². The van der Waals surface area contributed by atoms with Gasteiger partial charge in [0.2, 0.25) is 5.89 Å². The summed E-state index contributed by atoms with van der Waals surface area (Å²) < 4.78 is 12.6. The van der Waals surface area contributed by atoms with Gasteiger partial charge >= 0.3 is 0 Å². The Hall–Kier alpha value is -2.71. The maximum Gasteiger partial charge on any atom is 0.288 e. The highest BCUT2D eigenvalue weighted by atomic mass is 32.1. The fourth-order valence-electron chi connectivity index (χ4n) is 3.09. The molecule has 0 radical (unpaired) electrons. The van der Waals surface area contributed by atoms with E-state index >= 15 is 0 Å². The highest BCUT2D eigenvalue weighted by molar-refractivity contribution is 7.71. The normalized spacial score (nSPS) is 15.1. The number of hydrogen-bond donors (Lipinski definition) is 0. The third-order valence-corrected chi connectivity index (χ3v) is 4.92. The topological polar surface area (TPSA) is 59.6 Å². The molecule has 0 aliphatic carbocycles. The highest BCUT2D eigenvalue weighted by Gasteiger charge is 2.19. The summed E-state index contributed by atoms with van der Waals surface area (Å²) in [5.74, 6) is 2.34. The summed E-state index contributed by atoms with van der Waals surface area (Å²) >= 11 is 5.35. The lowest BCUT2D eigenvalue weighted by molar-refractivity contribution is 0.192. The van der Waals surface area contributed by atoms with Crippen LogP contribution >= 0.6 is 12.2 Å². The maximum absolute atomic E-state index is 5.68. The highest BCUT2D eigenvalue weighted by Crippen LogP contribution is 2.21. The van der Waals surface area contributed by atoms with Gasteiger partial charge in [-0.2, -0.15) is 0 Å². The van der Waals surface area contributed by atoms with Crippen molar-refractivity contribution in [2.24, 2.45) is 0 Å². The van der Waals surface area contributed by atoms with Crippen molar-refractivity contribution < 1.29 is 9.15 Å². The Morgan fingerprint density at radius 1 is 1.07 bits per heavy atom. The maximum atomic E-state index is 5.68. The van der Waals surface area contributed by atoms with Crippen LogP contribution in [-0.4, -0.2) is 53.0 Å². The van der Waals surface area contributed by atoms with Crippen molar-refractivity contribution in [3.8, 4) is 17.2 Å². The van der Waals surface area contributed by atoms with E-state index in [0.717, 1.165) is 43.3 Å². The Kier molecular flexibility index (Phi) is 5.17. The predicted molar refractivity (Wildman–Crippen MR) is 105 cm³/mol. The number of methoxy groups -OCH3 is 1. The molecule has 2 aromatic heterocycles. The first-order valence-corrected chi connectivity index (χ1v) is 9.24. The van der Waals surface area contributed by atoms with E-state index in [1.54, 1.807) is 11.8 Å². The zero-order valence-corrected chi connectivity index (χ0v) is 15.9. The molecule has 0 saturated carbocycles. The summed E-state index contributed by atoms with van der Waals surface area (Å²) in [6.45, 7) is 4.31. The first-order valence-electron chi connectivity index (χ1n) is 8.83. The molecule has 0 spiro atoms. The Morgan fingerprint density at radius 2 is 1.85 bits per heavy atom. The second kappa shape index (κ2) is 7.89. The summed E-state index contributed by atoms with van der Waals surface area (Å²) in [5, 5.41) is 4.54. The summed E-state index contributed by atoms with van der Waals surface area (Å²) in [4.78, 5) is 9.41. The molecule has 1 saturated heterocycles. The lowest BCUT2D eigenvalue weighted by Gasteiger charge is -2.34. The van der Waals surface area contributed by atoms with E-state index in [-0.39, 0.29) is 0 Å². The molecule has 7 nitrogen and oxygen atoms in total. The number of ether oxygens (including phenoxy) is 1. The molecule has 0 unspecified atom stereocenters. The van der Waals surface area contributed by atoms with Crippen LogP contribution in [0.4, 0.5) is 5.82 Å². The zero-order chi connectivity index (χ0) is 18.6. The Balaban J connectivity index is 1.40. The molecular weight excluding hydrogens is 362 g/mol.